The molecular formula is C33H52F4O7. The molecule has 1 N–H and O–H groups in total. The maximum Gasteiger partial charge on any atom is 0.397 e. The van der Waals surface area contributed by atoms with Crippen molar-refractivity contribution in [2.24, 2.45) is 17.3 Å². The van der Waals surface area contributed by atoms with Crippen LogP contribution in [-0.2, 0) is 28.5 Å². The van der Waals surface area contributed by atoms with Crippen molar-refractivity contribution in [1.82, 2.24) is 0 Å². The van der Waals surface area contributed by atoms with Crippen LogP contribution in [0.2, 0.25) is 0 Å². The number of carbonyl (C=O) groups excluding carboxylic acids is 1. The molecule has 3 rings (SSSR count). The molecule has 44 heavy (non-hydrogen) atoms. The van der Waals surface area contributed by atoms with Crippen LogP contribution in [0.1, 0.15) is 97.3 Å². The Labute approximate surface area is 259 Å². The molecule has 1 saturated carbocycles. The van der Waals surface area contributed by atoms with Crippen LogP contribution >= 0.6 is 0 Å². The molecule has 0 aromatic heterocycles. The van der Waals surface area contributed by atoms with Crippen molar-refractivity contribution in [3.8, 4) is 0 Å². The van der Waals surface area contributed by atoms with E-state index >= 15 is 4.39 Å². The van der Waals surface area contributed by atoms with E-state index in [9.17, 15) is 23.1 Å². The van der Waals surface area contributed by atoms with Gasteiger partial charge in [-0.25, -0.2) is 4.39 Å². The number of unbranched alkanes of at least 4 members (excludes halogenated alkanes) is 2. The Morgan fingerprint density at radius 3 is 2.32 bits per heavy atom. The van der Waals surface area contributed by atoms with Gasteiger partial charge in [0.15, 0.2) is 12.6 Å². The maximum absolute atomic E-state index is 15.8. The van der Waals surface area contributed by atoms with Crippen molar-refractivity contribution in [1.29, 1.82) is 0 Å². The van der Waals surface area contributed by atoms with Gasteiger partial charge in [0, 0.05) is 37.9 Å². The smallest absolute Gasteiger partial charge is 0.397 e. The highest BCUT2D eigenvalue weighted by molar-refractivity contribution is 5.69. The first-order valence-electron chi connectivity index (χ1n) is 16.3. The van der Waals surface area contributed by atoms with Crippen LogP contribution in [0.3, 0.4) is 0 Å². The summed E-state index contributed by atoms with van der Waals surface area (Å²) in [6.07, 6.45) is 2.03. The van der Waals surface area contributed by atoms with E-state index < -0.39 is 60.5 Å². The fraction of sp³-hybridized carbons (Fsp3) is 0.848. The van der Waals surface area contributed by atoms with Crippen molar-refractivity contribution in [2.75, 3.05) is 20.3 Å². The average Bonchev–Trinajstić information content (AvgIpc) is 3.31. The number of aliphatic hydroxyl groups excluding tert-OH is 1. The van der Waals surface area contributed by atoms with E-state index in [0.29, 0.717) is 51.7 Å². The van der Waals surface area contributed by atoms with Crippen LogP contribution in [0.5, 0.6) is 0 Å². The summed E-state index contributed by atoms with van der Waals surface area (Å²) >= 11 is 0. The molecule has 0 aromatic carbocycles. The molecule has 0 bridgehead atoms. The summed E-state index contributed by atoms with van der Waals surface area (Å²) in [5, 5.41) is 11.0. The zero-order valence-electron chi connectivity index (χ0n) is 26.4. The third-order valence-corrected chi connectivity index (χ3v) is 9.19. The lowest BCUT2D eigenvalue weighted by molar-refractivity contribution is -0.279. The largest absolute Gasteiger partial charge is 0.469 e. The number of hydrogen-bond donors (Lipinski definition) is 1. The fourth-order valence-electron chi connectivity index (χ4n) is 6.32. The van der Waals surface area contributed by atoms with Crippen molar-refractivity contribution in [2.45, 2.75) is 141 Å². The minimum atomic E-state index is -4.57. The van der Waals surface area contributed by atoms with E-state index in [4.69, 9.17) is 18.9 Å². The Balaban J connectivity index is 1.89. The van der Waals surface area contributed by atoms with E-state index in [1.54, 1.807) is 12.2 Å². The number of allylic oxidation sites excluding steroid dienone is 2. The van der Waals surface area contributed by atoms with E-state index in [0.717, 1.165) is 25.7 Å². The van der Waals surface area contributed by atoms with Gasteiger partial charge in [0.2, 0.25) is 0 Å². The summed E-state index contributed by atoms with van der Waals surface area (Å²) in [6, 6.07) is 0. The molecule has 0 spiro atoms. The molecule has 254 valence electrons. The number of halogens is 4. The second-order valence-corrected chi connectivity index (χ2v) is 12.5. The average molecular weight is 637 g/mol. The molecule has 11 heteroatoms. The normalized spacial score (nSPS) is 31.3. The van der Waals surface area contributed by atoms with E-state index in [1.807, 2.05) is 6.92 Å². The van der Waals surface area contributed by atoms with Crippen LogP contribution in [-0.4, -0.2) is 74.6 Å². The van der Waals surface area contributed by atoms with Gasteiger partial charge in [-0.2, -0.15) is 13.2 Å². The summed E-state index contributed by atoms with van der Waals surface area (Å²) in [6.45, 7) is 3.97. The number of rotatable bonds is 16. The zero-order valence-corrected chi connectivity index (χ0v) is 26.4. The third-order valence-electron chi connectivity index (χ3n) is 9.19. The first kappa shape index (κ1) is 36.9. The predicted molar refractivity (Wildman–Crippen MR) is 157 cm³/mol. The van der Waals surface area contributed by atoms with Crippen molar-refractivity contribution >= 4 is 5.97 Å². The number of ether oxygens (including phenoxy) is 5. The third kappa shape index (κ3) is 10.5. The molecule has 4 unspecified atom stereocenters. The van der Waals surface area contributed by atoms with Crippen LogP contribution < -0.4 is 0 Å². The summed E-state index contributed by atoms with van der Waals surface area (Å²) in [5.41, 5.74) is -2.20. The number of aliphatic hydroxyl groups is 1. The second kappa shape index (κ2) is 18.0. The highest BCUT2D eigenvalue weighted by atomic mass is 19.4. The Kier molecular flexibility index (Phi) is 15.1. The Bertz CT molecular complexity index is 901. The van der Waals surface area contributed by atoms with Crippen molar-refractivity contribution < 1.29 is 51.1 Å². The van der Waals surface area contributed by atoms with Gasteiger partial charge in [-0.3, -0.25) is 4.79 Å². The van der Waals surface area contributed by atoms with Gasteiger partial charge in [-0.05, 0) is 64.7 Å². The van der Waals surface area contributed by atoms with E-state index in [1.165, 1.54) is 26.2 Å². The van der Waals surface area contributed by atoms with Crippen LogP contribution in [0.4, 0.5) is 17.6 Å². The lowest BCUT2D eigenvalue weighted by Crippen LogP contribution is -2.48. The van der Waals surface area contributed by atoms with E-state index in [-0.39, 0.29) is 25.2 Å². The quantitative estimate of drug-likeness (QED) is 0.0821. The SMILES string of the molecule is CCCCC(C)([C@@H](/C=C/[C@@H]1[C@@H](C(F)/C=C\CCCC(=O)OC)[C@@H](O)C[C@H]1OC1CCCCO1)OC1CCCCO1)C(F)(F)F. The molecule has 0 amide bonds. The van der Waals surface area contributed by atoms with Gasteiger partial charge >= 0.3 is 12.1 Å². The summed E-state index contributed by atoms with van der Waals surface area (Å²) in [5.74, 6) is -2.03. The lowest BCUT2D eigenvalue weighted by Gasteiger charge is -2.40. The van der Waals surface area contributed by atoms with Gasteiger partial charge in [-0.15, -0.1) is 0 Å². The molecule has 2 saturated heterocycles. The lowest BCUT2D eigenvalue weighted by atomic mass is 9.77. The Morgan fingerprint density at radius 1 is 1.05 bits per heavy atom. The maximum atomic E-state index is 15.8. The number of carbonyl (C=O) groups is 1. The fourth-order valence-corrected chi connectivity index (χ4v) is 6.32. The van der Waals surface area contributed by atoms with Gasteiger partial charge in [0.1, 0.15) is 6.17 Å². The first-order valence-corrected chi connectivity index (χ1v) is 16.3. The van der Waals surface area contributed by atoms with Gasteiger partial charge in [0.05, 0.1) is 30.8 Å². The molecule has 0 radical (unpaired) electrons. The number of alkyl halides is 4. The minimum absolute atomic E-state index is 0.125. The Morgan fingerprint density at radius 2 is 1.73 bits per heavy atom. The van der Waals surface area contributed by atoms with Crippen molar-refractivity contribution in [3.63, 3.8) is 0 Å². The summed E-state index contributed by atoms with van der Waals surface area (Å²) in [4.78, 5) is 11.4. The number of esters is 1. The molecule has 3 fully saturated rings. The van der Waals surface area contributed by atoms with Crippen LogP contribution in [0, 0.1) is 17.3 Å². The van der Waals surface area contributed by atoms with Crippen LogP contribution in [0.25, 0.3) is 0 Å². The number of methoxy groups -OCH3 is 1. The second-order valence-electron chi connectivity index (χ2n) is 12.5. The molecular weight excluding hydrogens is 584 g/mol. The monoisotopic (exact) mass is 636 g/mol. The summed E-state index contributed by atoms with van der Waals surface area (Å²) in [7, 11) is 1.31. The molecule has 0 aromatic rings. The van der Waals surface area contributed by atoms with Crippen molar-refractivity contribution in [3.05, 3.63) is 24.3 Å². The molecule has 1 aliphatic carbocycles. The van der Waals surface area contributed by atoms with E-state index in [2.05, 4.69) is 4.74 Å². The first-order chi connectivity index (χ1) is 21.0. The highest BCUT2D eigenvalue weighted by Crippen LogP contribution is 2.48. The van der Waals surface area contributed by atoms with Crippen LogP contribution in [0.15, 0.2) is 24.3 Å². The van der Waals surface area contributed by atoms with Gasteiger partial charge in [0.25, 0.3) is 0 Å². The Hall–Kier alpha value is -1.53. The summed E-state index contributed by atoms with van der Waals surface area (Å²) < 4.78 is 88.3. The topological polar surface area (TPSA) is 83.5 Å². The molecule has 2 aliphatic heterocycles. The highest BCUT2D eigenvalue weighted by Gasteiger charge is 2.56. The number of hydrogen-bond acceptors (Lipinski definition) is 7. The molecule has 2 heterocycles. The van der Waals surface area contributed by atoms with Gasteiger partial charge in [-0.1, -0.05) is 44.1 Å². The predicted octanol–water partition coefficient (Wildman–Crippen LogP) is 7.36. The standard InChI is InChI=1S/C33H52F4O7/c1-4-5-19-32(2,33(35,36)37)27(44-30-16-10-12-21-42-30)18-17-23-26(43-29-15-9-11-20-41-29)22-25(38)31(23)24(34)13-7-6-8-14-28(39)40-3/h7,13,17-18,23-27,29-31,38H,4-6,8-12,14-16,19-22H2,1-3H3/b13-7-,18-17+/t23-,24?,25-,26+,27+,29?,30?,31-,32?/m0/s1. The molecule has 7 nitrogen and oxygen atoms in total. The van der Waals surface area contributed by atoms with Gasteiger partial charge < -0.3 is 28.8 Å². The minimum Gasteiger partial charge on any atom is -0.469 e. The molecule has 9 atom stereocenters. The zero-order chi connectivity index (χ0) is 32.2. The molecule has 3 aliphatic rings.